The number of ether oxygens (including phenoxy) is 1. The van der Waals surface area contributed by atoms with Crippen molar-refractivity contribution in [3.63, 3.8) is 0 Å². The molecule has 2 fully saturated rings. The molecule has 2 N–H and O–H groups in total. The first-order valence-corrected chi connectivity index (χ1v) is 7.01. The molecule has 1 aromatic heterocycles. The maximum atomic E-state index is 11.8. The van der Waals surface area contributed by atoms with Crippen LogP contribution >= 0.6 is 0 Å². The van der Waals surface area contributed by atoms with E-state index in [9.17, 15) is 4.79 Å². The van der Waals surface area contributed by atoms with E-state index >= 15 is 0 Å². The van der Waals surface area contributed by atoms with Crippen LogP contribution in [-0.4, -0.2) is 35.1 Å². The highest BCUT2D eigenvalue weighted by Crippen LogP contribution is 2.20. The molecule has 1 unspecified atom stereocenters. The molecule has 1 saturated carbocycles. The van der Waals surface area contributed by atoms with Crippen LogP contribution < -0.4 is 10.6 Å². The van der Waals surface area contributed by atoms with Gasteiger partial charge >= 0.3 is 6.03 Å². The number of nitrogens with one attached hydrogen (secondary N) is 2. The van der Waals surface area contributed by atoms with Crippen LogP contribution in [0.5, 0.6) is 0 Å². The Labute approximate surface area is 112 Å². The number of hydrogen-bond acceptors (Lipinski definition) is 3. The monoisotopic (exact) mass is 264 g/mol. The standard InChI is InChI=1S/C13H20N4O2/c18-13(15-10-3-1-2-4-10)16-11-7-14-17(8-11)12-5-6-19-9-12/h7-8,10,12H,1-6,9H2,(H2,15,16,18). The van der Waals surface area contributed by atoms with Crippen molar-refractivity contribution in [3.8, 4) is 0 Å². The molecule has 1 saturated heterocycles. The Balaban J connectivity index is 1.52. The van der Waals surface area contributed by atoms with Gasteiger partial charge in [0.1, 0.15) is 0 Å². The molecule has 2 amide bonds. The van der Waals surface area contributed by atoms with Gasteiger partial charge in [0.05, 0.1) is 24.5 Å². The molecule has 0 spiro atoms. The zero-order valence-electron chi connectivity index (χ0n) is 11.0. The van der Waals surface area contributed by atoms with E-state index < -0.39 is 0 Å². The van der Waals surface area contributed by atoms with E-state index in [0.29, 0.717) is 18.7 Å². The van der Waals surface area contributed by atoms with Gasteiger partial charge in [-0.25, -0.2) is 4.79 Å². The van der Waals surface area contributed by atoms with Crippen molar-refractivity contribution in [2.75, 3.05) is 18.5 Å². The summed E-state index contributed by atoms with van der Waals surface area (Å²) in [6, 6.07) is 0.501. The average Bonchev–Trinajstić information content (AvgIpc) is 3.09. The second-order valence-electron chi connectivity index (χ2n) is 5.31. The van der Waals surface area contributed by atoms with Crippen LogP contribution in [0.3, 0.4) is 0 Å². The molecule has 6 heteroatoms. The first-order chi connectivity index (χ1) is 9.31. The summed E-state index contributed by atoms with van der Waals surface area (Å²) in [7, 11) is 0. The van der Waals surface area contributed by atoms with E-state index in [1.54, 1.807) is 6.20 Å². The summed E-state index contributed by atoms with van der Waals surface area (Å²) in [6.45, 7) is 1.49. The average molecular weight is 264 g/mol. The zero-order valence-corrected chi connectivity index (χ0v) is 11.0. The van der Waals surface area contributed by atoms with Crippen LogP contribution in [0.1, 0.15) is 38.1 Å². The maximum Gasteiger partial charge on any atom is 0.319 e. The number of carbonyl (C=O) groups excluding carboxylic acids is 1. The maximum absolute atomic E-state index is 11.8. The normalized spacial score (nSPS) is 23.7. The lowest BCUT2D eigenvalue weighted by Crippen LogP contribution is -2.36. The van der Waals surface area contributed by atoms with Crippen LogP contribution in [0.25, 0.3) is 0 Å². The van der Waals surface area contributed by atoms with E-state index in [-0.39, 0.29) is 6.03 Å². The lowest BCUT2D eigenvalue weighted by Gasteiger charge is -2.12. The smallest absolute Gasteiger partial charge is 0.319 e. The summed E-state index contributed by atoms with van der Waals surface area (Å²) in [4.78, 5) is 11.8. The molecule has 6 nitrogen and oxygen atoms in total. The molecular formula is C13H20N4O2. The summed E-state index contributed by atoms with van der Waals surface area (Å²) in [5.74, 6) is 0. The second kappa shape index (κ2) is 5.61. The minimum Gasteiger partial charge on any atom is -0.379 e. The Morgan fingerprint density at radius 1 is 1.37 bits per heavy atom. The molecule has 0 bridgehead atoms. The van der Waals surface area contributed by atoms with Crippen LogP contribution in [0.4, 0.5) is 10.5 Å². The number of carbonyl (C=O) groups is 1. The fourth-order valence-corrected chi connectivity index (χ4v) is 2.76. The lowest BCUT2D eigenvalue weighted by molar-refractivity contribution is 0.184. The van der Waals surface area contributed by atoms with Crippen LogP contribution in [0.2, 0.25) is 0 Å². The topological polar surface area (TPSA) is 68.2 Å². The predicted molar refractivity (Wildman–Crippen MR) is 71.1 cm³/mol. The van der Waals surface area contributed by atoms with Crippen molar-refractivity contribution in [1.29, 1.82) is 0 Å². The Morgan fingerprint density at radius 3 is 2.95 bits per heavy atom. The Bertz CT molecular complexity index is 434. The van der Waals surface area contributed by atoms with Crippen LogP contribution in [0.15, 0.2) is 12.4 Å². The molecule has 1 aromatic rings. The first-order valence-electron chi connectivity index (χ1n) is 7.01. The minimum absolute atomic E-state index is 0.130. The van der Waals surface area contributed by atoms with Gasteiger partial charge in [-0.1, -0.05) is 12.8 Å². The van der Waals surface area contributed by atoms with Gasteiger partial charge in [0.15, 0.2) is 0 Å². The summed E-state index contributed by atoms with van der Waals surface area (Å²) in [5, 5.41) is 10.1. The van der Waals surface area contributed by atoms with E-state index in [4.69, 9.17) is 4.74 Å². The molecule has 104 valence electrons. The first kappa shape index (κ1) is 12.5. The SMILES string of the molecule is O=C(Nc1cnn(C2CCOC2)c1)NC1CCCC1. The number of anilines is 1. The number of amides is 2. The molecule has 0 radical (unpaired) electrons. The molecule has 1 atom stereocenters. The fraction of sp³-hybridized carbons (Fsp3) is 0.692. The number of nitrogens with zero attached hydrogens (tertiary/aromatic N) is 2. The van der Waals surface area contributed by atoms with Crippen molar-refractivity contribution in [1.82, 2.24) is 15.1 Å². The number of aromatic nitrogens is 2. The van der Waals surface area contributed by atoms with Crippen molar-refractivity contribution in [2.24, 2.45) is 0 Å². The van der Waals surface area contributed by atoms with Gasteiger partial charge in [-0.2, -0.15) is 5.10 Å². The third-order valence-corrected chi connectivity index (χ3v) is 3.83. The lowest BCUT2D eigenvalue weighted by atomic mass is 10.2. The second-order valence-corrected chi connectivity index (χ2v) is 5.31. The van der Waals surface area contributed by atoms with Gasteiger partial charge < -0.3 is 15.4 Å². The largest absolute Gasteiger partial charge is 0.379 e. The van der Waals surface area contributed by atoms with Crippen molar-refractivity contribution >= 4 is 11.7 Å². The van der Waals surface area contributed by atoms with E-state index in [1.807, 2.05) is 10.9 Å². The van der Waals surface area contributed by atoms with Crippen LogP contribution in [0, 0.1) is 0 Å². The van der Waals surface area contributed by atoms with E-state index in [0.717, 1.165) is 31.6 Å². The van der Waals surface area contributed by atoms with Crippen molar-refractivity contribution in [2.45, 2.75) is 44.2 Å². The Hall–Kier alpha value is -1.56. The predicted octanol–water partition coefficient (Wildman–Crippen LogP) is 1.91. The molecule has 0 aromatic carbocycles. The quantitative estimate of drug-likeness (QED) is 0.876. The highest BCUT2D eigenvalue weighted by atomic mass is 16.5. The molecule has 19 heavy (non-hydrogen) atoms. The third kappa shape index (κ3) is 3.07. The molecule has 2 aliphatic rings. The molecule has 3 rings (SSSR count). The van der Waals surface area contributed by atoms with Gasteiger partial charge in [0.25, 0.3) is 0 Å². The summed E-state index contributed by atoms with van der Waals surface area (Å²) < 4.78 is 7.20. The van der Waals surface area contributed by atoms with E-state index in [1.165, 1.54) is 12.8 Å². The Kier molecular flexibility index (Phi) is 3.68. The van der Waals surface area contributed by atoms with Gasteiger partial charge in [0.2, 0.25) is 0 Å². The van der Waals surface area contributed by atoms with Crippen molar-refractivity contribution < 1.29 is 9.53 Å². The fourth-order valence-electron chi connectivity index (χ4n) is 2.76. The number of urea groups is 1. The third-order valence-electron chi connectivity index (χ3n) is 3.83. The summed E-state index contributed by atoms with van der Waals surface area (Å²) >= 11 is 0. The molecule has 2 heterocycles. The van der Waals surface area contributed by atoms with Gasteiger partial charge in [-0.05, 0) is 19.3 Å². The molecule has 1 aliphatic heterocycles. The van der Waals surface area contributed by atoms with Crippen LogP contribution in [-0.2, 0) is 4.74 Å². The highest BCUT2D eigenvalue weighted by Gasteiger charge is 2.20. The summed E-state index contributed by atoms with van der Waals surface area (Å²) in [6.07, 6.45) is 9.14. The van der Waals surface area contributed by atoms with E-state index in [2.05, 4.69) is 15.7 Å². The number of rotatable bonds is 3. The summed E-state index contributed by atoms with van der Waals surface area (Å²) in [5.41, 5.74) is 0.738. The zero-order chi connectivity index (χ0) is 13.1. The number of hydrogen-bond donors (Lipinski definition) is 2. The Morgan fingerprint density at radius 2 is 2.21 bits per heavy atom. The van der Waals surface area contributed by atoms with Crippen molar-refractivity contribution in [3.05, 3.63) is 12.4 Å². The minimum atomic E-state index is -0.130. The van der Waals surface area contributed by atoms with Gasteiger partial charge in [-0.3, -0.25) is 4.68 Å². The molecular weight excluding hydrogens is 244 g/mol. The highest BCUT2D eigenvalue weighted by molar-refractivity contribution is 5.89. The van der Waals surface area contributed by atoms with Gasteiger partial charge in [0, 0.05) is 18.8 Å². The molecule has 1 aliphatic carbocycles. The van der Waals surface area contributed by atoms with Gasteiger partial charge in [-0.15, -0.1) is 0 Å².